The number of hydrazine groups is 1. The van der Waals surface area contributed by atoms with E-state index in [9.17, 15) is 4.79 Å². The molecule has 0 spiro atoms. The molecule has 0 atom stereocenters. The average Bonchev–Trinajstić information content (AvgIpc) is 2.82. The molecule has 0 amide bonds. The predicted octanol–water partition coefficient (Wildman–Crippen LogP) is 1.28. The molecule has 2 aromatic heterocycles. The highest BCUT2D eigenvalue weighted by molar-refractivity contribution is 7.20. The fourth-order valence-electron chi connectivity index (χ4n) is 1.47. The van der Waals surface area contributed by atoms with Crippen molar-refractivity contribution in [2.75, 3.05) is 26.0 Å². The van der Waals surface area contributed by atoms with Crippen LogP contribution in [0.15, 0.2) is 23.3 Å². The molecule has 2 rings (SSSR count). The van der Waals surface area contributed by atoms with Crippen molar-refractivity contribution < 1.29 is 4.79 Å². The van der Waals surface area contributed by atoms with Gasteiger partial charge in [-0.3, -0.25) is 9.79 Å². The fourth-order valence-corrected chi connectivity index (χ4v) is 2.30. The molecular weight excluding hydrogens is 262 g/mol. The molecule has 0 unspecified atom stereocenters. The van der Waals surface area contributed by atoms with Crippen molar-refractivity contribution >= 4 is 39.9 Å². The summed E-state index contributed by atoms with van der Waals surface area (Å²) in [6, 6.07) is 3.83. The van der Waals surface area contributed by atoms with E-state index in [4.69, 9.17) is 5.84 Å². The van der Waals surface area contributed by atoms with Crippen molar-refractivity contribution in [3.05, 3.63) is 23.2 Å². The van der Waals surface area contributed by atoms with Gasteiger partial charge in [-0.05, 0) is 12.1 Å². The first kappa shape index (κ1) is 15.1. The maximum Gasteiger partial charge on any atom is 0.160 e. The Morgan fingerprint density at radius 3 is 2.74 bits per heavy atom. The highest BCUT2D eigenvalue weighted by Gasteiger charge is 2.07. The number of pyridine rings is 1. The van der Waals surface area contributed by atoms with Crippen LogP contribution in [0.4, 0.5) is 5.69 Å². The van der Waals surface area contributed by atoms with Crippen LogP contribution in [0, 0.1) is 0 Å². The molecule has 0 fully saturated rings. The normalized spacial score (nSPS) is 10.1. The van der Waals surface area contributed by atoms with Crippen LogP contribution >= 0.6 is 11.3 Å². The van der Waals surface area contributed by atoms with Gasteiger partial charge < -0.3 is 10.3 Å². The van der Waals surface area contributed by atoms with E-state index >= 15 is 0 Å². The molecule has 2 heterocycles. The molecule has 19 heavy (non-hydrogen) atoms. The minimum Gasteiger partial charge on any atom is -0.377 e. The number of nitrogens with one attached hydrogen (secondary N) is 1. The van der Waals surface area contributed by atoms with E-state index in [2.05, 4.69) is 15.4 Å². The summed E-state index contributed by atoms with van der Waals surface area (Å²) in [7, 11) is 5.60. The molecule has 102 valence electrons. The van der Waals surface area contributed by atoms with Gasteiger partial charge in [0, 0.05) is 38.4 Å². The number of hydrogen-bond acceptors (Lipinski definition) is 6. The molecule has 0 aliphatic carbocycles. The molecule has 7 heteroatoms. The Hall–Kier alpha value is -1.99. The third kappa shape index (κ3) is 4.01. The quantitative estimate of drug-likeness (QED) is 0.291. The highest BCUT2D eigenvalue weighted by Crippen LogP contribution is 2.29. The standard InChI is InChI=1S/C10H10N2OS.C2H7N3/c1-12(2)9-3-4-11-10-8(9)5-7(6-13)14-10;1-4-2-5-3/h3-6H,1-2H3;2H,3H2,1H3,(H,4,5). The van der Waals surface area contributed by atoms with Gasteiger partial charge >= 0.3 is 0 Å². The van der Waals surface area contributed by atoms with Gasteiger partial charge in [-0.1, -0.05) is 0 Å². The summed E-state index contributed by atoms with van der Waals surface area (Å²) in [5.74, 6) is 4.74. The van der Waals surface area contributed by atoms with Crippen LogP contribution in [-0.2, 0) is 0 Å². The number of hydrogen-bond donors (Lipinski definition) is 2. The highest BCUT2D eigenvalue weighted by atomic mass is 32.1. The van der Waals surface area contributed by atoms with Gasteiger partial charge in [0.2, 0.25) is 0 Å². The fraction of sp³-hybridized carbons (Fsp3) is 0.250. The second kappa shape index (κ2) is 7.45. The van der Waals surface area contributed by atoms with Crippen molar-refractivity contribution in [1.82, 2.24) is 10.4 Å². The zero-order chi connectivity index (χ0) is 14.3. The minimum absolute atomic E-state index is 0.724. The lowest BCUT2D eigenvalue weighted by molar-refractivity contribution is 0.112. The second-order valence-electron chi connectivity index (χ2n) is 3.76. The van der Waals surface area contributed by atoms with Crippen LogP contribution in [0.2, 0.25) is 0 Å². The lowest BCUT2D eigenvalue weighted by Gasteiger charge is -2.12. The smallest absolute Gasteiger partial charge is 0.160 e. The predicted molar refractivity (Wildman–Crippen MR) is 81.1 cm³/mol. The van der Waals surface area contributed by atoms with E-state index in [1.165, 1.54) is 17.7 Å². The zero-order valence-electron chi connectivity index (χ0n) is 11.1. The Labute approximate surface area is 115 Å². The van der Waals surface area contributed by atoms with Gasteiger partial charge in [-0.25, -0.2) is 10.8 Å². The number of rotatable bonds is 3. The summed E-state index contributed by atoms with van der Waals surface area (Å²) in [5, 5.41) is 1.05. The largest absolute Gasteiger partial charge is 0.377 e. The number of carbonyl (C=O) groups excluding carboxylic acids is 1. The molecule has 6 nitrogen and oxygen atoms in total. The monoisotopic (exact) mass is 279 g/mol. The average molecular weight is 279 g/mol. The Morgan fingerprint density at radius 1 is 1.53 bits per heavy atom. The summed E-state index contributed by atoms with van der Waals surface area (Å²) in [6.07, 6.45) is 4.04. The Morgan fingerprint density at radius 2 is 2.26 bits per heavy atom. The van der Waals surface area contributed by atoms with E-state index in [0.717, 1.165) is 27.1 Å². The van der Waals surface area contributed by atoms with Gasteiger partial charge in [0.25, 0.3) is 0 Å². The van der Waals surface area contributed by atoms with E-state index in [-0.39, 0.29) is 0 Å². The number of carbonyl (C=O) groups is 1. The summed E-state index contributed by atoms with van der Waals surface area (Å²) in [4.78, 5) is 22.0. The maximum absolute atomic E-state index is 10.6. The maximum atomic E-state index is 10.6. The molecule has 0 saturated carbocycles. The lowest BCUT2D eigenvalue weighted by Crippen LogP contribution is -2.18. The van der Waals surface area contributed by atoms with Crippen LogP contribution < -0.4 is 16.2 Å². The third-order valence-corrected chi connectivity index (χ3v) is 3.20. The van der Waals surface area contributed by atoms with Crippen LogP contribution in [-0.4, -0.2) is 38.8 Å². The lowest BCUT2D eigenvalue weighted by atomic mass is 10.2. The molecule has 0 bridgehead atoms. The Balaban J connectivity index is 0.000000312. The number of aromatic nitrogens is 1. The van der Waals surface area contributed by atoms with Crippen LogP contribution in [0.5, 0.6) is 0 Å². The SMILES string of the molecule is CN(C)c1ccnc2sc(C=O)cc12.CN=CNN. The first-order chi connectivity index (χ1) is 9.13. The molecule has 0 aliphatic heterocycles. The van der Waals surface area contributed by atoms with Gasteiger partial charge in [0.1, 0.15) is 4.83 Å². The molecule has 0 aromatic carbocycles. The van der Waals surface area contributed by atoms with Crippen molar-refractivity contribution in [3.8, 4) is 0 Å². The summed E-state index contributed by atoms with van der Waals surface area (Å²) < 4.78 is 0. The first-order valence-electron chi connectivity index (χ1n) is 5.51. The summed E-state index contributed by atoms with van der Waals surface area (Å²) >= 11 is 1.42. The van der Waals surface area contributed by atoms with E-state index in [0.29, 0.717) is 0 Å². The van der Waals surface area contributed by atoms with Crippen LogP contribution in [0.25, 0.3) is 10.2 Å². The van der Waals surface area contributed by atoms with Crippen molar-refractivity contribution in [2.45, 2.75) is 0 Å². The van der Waals surface area contributed by atoms with Crippen LogP contribution in [0.1, 0.15) is 9.67 Å². The number of anilines is 1. The van der Waals surface area contributed by atoms with Gasteiger partial charge in [-0.2, -0.15) is 0 Å². The number of nitrogens with zero attached hydrogens (tertiary/aromatic N) is 3. The second-order valence-corrected chi connectivity index (χ2v) is 4.83. The minimum atomic E-state index is 0.724. The topological polar surface area (TPSA) is 83.6 Å². The van der Waals surface area contributed by atoms with Gasteiger partial charge in [0.05, 0.1) is 11.2 Å². The number of fused-ring (bicyclic) bond motifs is 1. The van der Waals surface area contributed by atoms with Gasteiger partial charge in [0.15, 0.2) is 6.29 Å². The summed E-state index contributed by atoms with van der Waals surface area (Å²) in [6.45, 7) is 0. The Kier molecular flexibility index (Phi) is 5.91. The van der Waals surface area contributed by atoms with Gasteiger partial charge in [-0.15, -0.1) is 11.3 Å². The molecule has 2 aromatic rings. The summed E-state index contributed by atoms with van der Waals surface area (Å²) in [5.41, 5.74) is 3.32. The zero-order valence-corrected chi connectivity index (χ0v) is 11.9. The van der Waals surface area contributed by atoms with E-state index < -0.39 is 0 Å². The van der Waals surface area contributed by atoms with E-state index in [1.807, 2.05) is 31.1 Å². The number of aliphatic imine (C=N–C) groups is 1. The van der Waals surface area contributed by atoms with Crippen molar-refractivity contribution in [2.24, 2.45) is 10.8 Å². The number of aldehydes is 1. The molecule has 0 radical (unpaired) electrons. The number of thiophene rings is 1. The van der Waals surface area contributed by atoms with E-state index in [1.54, 1.807) is 13.2 Å². The third-order valence-electron chi connectivity index (χ3n) is 2.23. The first-order valence-corrected chi connectivity index (χ1v) is 6.33. The molecule has 0 saturated heterocycles. The number of nitrogens with two attached hydrogens (primary N) is 1. The van der Waals surface area contributed by atoms with Crippen molar-refractivity contribution in [3.63, 3.8) is 0 Å². The molecular formula is C12H17N5OS. The molecule has 3 N–H and O–H groups in total. The van der Waals surface area contributed by atoms with Crippen molar-refractivity contribution in [1.29, 1.82) is 0 Å². The molecule has 0 aliphatic rings. The Bertz CT molecular complexity index is 564. The van der Waals surface area contributed by atoms with Crippen LogP contribution in [0.3, 0.4) is 0 Å².